The maximum absolute atomic E-state index is 8.87. The zero-order valence-electron chi connectivity index (χ0n) is 9.52. The maximum Gasteiger partial charge on any atom is 0.170 e. The number of nitriles is 1. The van der Waals surface area contributed by atoms with Gasteiger partial charge in [0.2, 0.25) is 0 Å². The molecule has 0 N–H and O–H groups in total. The van der Waals surface area contributed by atoms with E-state index in [1.165, 1.54) is 6.42 Å². The second-order valence-electron chi connectivity index (χ2n) is 5.09. The minimum absolute atomic E-state index is 0.174. The van der Waals surface area contributed by atoms with Crippen LogP contribution in [0.2, 0.25) is 0 Å². The Bertz CT molecular complexity index is 301. The first-order chi connectivity index (χ1) is 7.81. The number of likely N-dealkylation sites (tertiary alicyclic amines) is 1. The summed E-state index contributed by atoms with van der Waals surface area (Å²) < 4.78 is 12.0. The first kappa shape index (κ1) is 10.5. The van der Waals surface area contributed by atoms with Crippen molar-refractivity contribution in [3.8, 4) is 6.07 Å². The van der Waals surface area contributed by atoms with Gasteiger partial charge in [-0.3, -0.25) is 4.90 Å². The van der Waals surface area contributed by atoms with Gasteiger partial charge in [-0.1, -0.05) is 0 Å². The highest BCUT2D eigenvalue weighted by Gasteiger charge is 2.46. The van der Waals surface area contributed by atoms with Crippen molar-refractivity contribution in [1.82, 2.24) is 4.90 Å². The molecule has 1 atom stereocenters. The van der Waals surface area contributed by atoms with Gasteiger partial charge in [-0.25, -0.2) is 0 Å². The van der Waals surface area contributed by atoms with Crippen LogP contribution in [-0.4, -0.2) is 36.6 Å². The highest BCUT2D eigenvalue weighted by molar-refractivity contribution is 4.93. The van der Waals surface area contributed by atoms with Gasteiger partial charge in [-0.15, -0.1) is 0 Å². The highest BCUT2D eigenvalue weighted by Crippen LogP contribution is 2.40. The third kappa shape index (κ3) is 1.73. The van der Waals surface area contributed by atoms with Crippen molar-refractivity contribution in [3.05, 3.63) is 0 Å². The molecule has 3 aliphatic rings. The molecule has 0 radical (unpaired) electrons. The lowest BCUT2D eigenvalue weighted by Crippen LogP contribution is -2.47. The van der Waals surface area contributed by atoms with Crippen LogP contribution < -0.4 is 0 Å². The van der Waals surface area contributed by atoms with Crippen LogP contribution in [0.15, 0.2) is 0 Å². The number of ether oxygens (including phenoxy) is 2. The predicted molar refractivity (Wildman–Crippen MR) is 57.3 cm³/mol. The molecule has 16 heavy (non-hydrogen) atoms. The van der Waals surface area contributed by atoms with Gasteiger partial charge in [-0.05, 0) is 19.3 Å². The zero-order chi connectivity index (χ0) is 11.0. The molecule has 0 aromatic carbocycles. The minimum atomic E-state index is -0.354. The summed E-state index contributed by atoms with van der Waals surface area (Å²) in [5.74, 6) is -0.144. The fourth-order valence-corrected chi connectivity index (χ4v) is 2.80. The van der Waals surface area contributed by atoms with Crippen LogP contribution in [0.4, 0.5) is 0 Å². The normalized spacial score (nSPS) is 44.2. The predicted octanol–water partition coefficient (Wildman–Crippen LogP) is 1.48. The highest BCUT2D eigenvalue weighted by atomic mass is 16.8. The Kier molecular flexibility index (Phi) is 2.62. The molecular weight excluding hydrogens is 204 g/mol. The lowest BCUT2D eigenvalue weighted by atomic mass is 9.86. The molecule has 0 bridgehead atoms. The molecular formula is C12H18N2O2. The Morgan fingerprint density at radius 1 is 1.25 bits per heavy atom. The Hall–Kier alpha value is -0.630. The van der Waals surface area contributed by atoms with Crippen molar-refractivity contribution in [2.45, 2.75) is 44.1 Å². The Labute approximate surface area is 96.1 Å². The molecule has 88 valence electrons. The fraction of sp³-hybridized carbons (Fsp3) is 0.917. The van der Waals surface area contributed by atoms with Crippen molar-refractivity contribution in [3.63, 3.8) is 0 Å². The van der Waals surface area contributed by atoms with Crippen molar-refractivity contribution < 1.29 is 9.47 Å². The monoisotopic (exact) mass is 222 g/mol. The molecule has 2 aliphatic heterocycles. The molecule has 1 aliphatic carbocycles. The number of hydrogen-bond donors (Lipinski definition) is 0. The van der Waals surface area contributed by atoms with E-state index in [1.807, 2.05) is 0 Å². The molecule has 4 nitrogen and oxygen atoms in total. The molecule has 3 rings (SSSR count). The van der Waals surface area contributed by atoms with Gasteiger partial charge in [0.05, 0.1) is 12.7 Å². The van der Waals surface area contributed by atoms with Crippen LogP contribution in [0.3, 0.4) is 0 Å². The van der Waals surface area contributed by atoms with E-state index in [4.69, 9.17) is 14.7 Å². The van der Waals surface area contributed by atoms with E-state index in [2.05, 4.69) is 11.0 Å². The Morgan fingerprint density at radius 2 is 2.00 bits per heavy atom. The molecule has 1 saturated carbocycles. The largest absolute Gasteiger partial charge is 0.346 e. The summed E-state index contributed by atoms with van der Waals surface area (Å²) in [6.45, 7) is 2.99. The van der Waals surface area contributed by atoms with E-state index >= 15 is 0 Å². The molecule has 2 heterocycles. The van der Waals surface area contributed by atoms with E-state index < -0.39 is 0 Å². The third-order valence-electron chi connectivity index (χ3n) is 4.07. The van der Waals surface area contributed by atoms with Gasteiger partial charge in [-0.2, -0.15) is 5.26 Å². The topological polar surface area (TPSA) is 45.5 Å². The van der Waals surface area contributed by atoms with Crippen LogP contribution in [0.5, 0.6) is 0 Å². The zero-order valence-corrected chi connectivity index (χ0v) is 9.52. The second-order valence-corrected chi connectivity index (χ2v) is 5.09. The Balaban J connectivity index is 1.58. The van der Waals surface area contributed by atoms with Gasteiger partial charge in [0.1, 0.15) is 6.23 Å². The van der Waals surface area contributed by atoms with Gasteiger partial charge in [0.15, 0.2) is 5.79 Å². The third-order valence-corrected chi connectivity index (χ3v) is 4.07. The van der Waals surface area contributed by atoms with Crippen molar-refractivity contribution >= 4 is 0 Å². The molecule has 0 amide bonds. The summed E-state index contributed by atoms with van der Waals surface area (Å²) in [5.41, 5.74) is 0. The summed E-state index contributed by atoms with van der Waals surface area (Å²) in [7, 11) is 0. The smallest absolute Gasteiger partial charge is 0.170 e. The van der Waals surface area contributed by atoms with E-state index in [0.717, 1.165) is 38.8 Å². The average molecular weight is 222 g/mol. The SMILES string of the molecule is N#CC1CCC2(CC1)OCC(N1CCC1)O2. The van der Waals surface area contributed by atoms with Crippen molar-refractivity contribution in [1.29, 1.82) is 5.26 Å². The molecule has 2 saturated heterocycles. The van der Waals surface area contributed by atoms with E-state index in [-0.39, 0.29) is 17.9 Å². The summed E-state index contributed by atoms with van der Waals surface area (Å²) in [6.07, 6.45) is 5.06. The lowest BCUT2D eigenvalue weighted by molar-refractivity contribution is -0.209. The van der Waals surface area contributed by atoms with Crippen LogP contribution >= 0.6 is 0 Å². The maximum atomic E-state index is 8.87. The van der Waals surface area contributed by atoms with Crippen molar-refractivity contribution in [2.24, 2.45) is 5.92 Å². The van der Waals surface area contributed by atoms with Crippen LogP contribution in [0.1, 0.15) is 32.1 Å². The molecule has 0 aromatic rings. The van der Waals surface area contributed by atoms with E-state index in [9.17, 15) is 0 Å². The number of hydrogen-bond acceptors (Lipinski definition) is 4. The molecule has 1 spiro atoms. The fourth-order valence-electron chi connectivity index (χ4n) is 2.80. The molecule has 4 heteroatoms. The summed E-state index contributed by atoms with van der Waals surface area (Å²) in [6, 6.07) is 2.35. The molecule has 1 unspecified atom stereocenters. The van der Waals surface area contributed by atoms with Crippen LogP contribution in [-0.2, 0) is 9.47 Å². The van der Waals surface area contributed by atoms with Crippen LogP contribution in [0.25, 0.3) is 0 Å². The Morgan fingerprint density at radius 3 is 2.56 bits per heavy atom. The number of rotatable bonds is 1. The van der Waals surface area contributed by atoms with Gasteiger partial charge < -0.3 is 9.47 Å². The lowest BCUT2D eigenvalue weighted by Gasteiger charge is -2.38. The minimum Gasteiger partial charge on any atom is -0.346 e. The van der Waals surface area contributed by atoms with Crippen LogP contribution in [0, 0.1) is 17.2 Å². The number of nitrogens with zero attached hydrogens (tertiary/aromatic N) is 2. The standard InChI is InChI=1S/C12H18N2O2/c13-8-10-2-4-12(5-3-10)15-9-11(16-12)14-6-1-7-14/h10-11H,1-7,9H2. The van der Waals surface area contributed by atoms with Gasteiger partial charge in [0, 0.05) is 31.8 Å². The van der Waals surface area contributed by atoms with E-state index in [0.29, 0.717) is 6.61 Å². The van der Waals surface area contributed by atoms with Gasteiger partial charge >= 0.3 is 0 Å². The van der Waals surface area contributed by atoms with Gasteiger partial charge in [0.25, 0.3) is 0 Å². The average Bonchev–Trinajstić information content (AvgIpc) is 2.61. The summed E-state index contributed by atoms with van der Waals surface area (Å²) >= 11 is 0. The summed E-state index contributed by atoms with van der Waals surface area (Å²) in [4.78, 5) is 2.34. The molecule has 0 aromatic heterocycles. The first-order valence-electron chi connectivity index (χ1n) is 6.27. The second kappa shape index (κ2) is 3.99. The van der Waals surface area contributed by atoms with Crippen molar-refractivity contribution in [2.75, 3.05) is 19.7 Å². The molecule has 3 fully saturated rings. The summed E-state index contributed by atoms with van der Waals surface area (Å²) in [5, 5.41) is 8.87. The van der Waals surface area contributed by atoms with E-state index in [1.54, 1.807) is 0 Å². The first-order valence-corrected chi connectivity index (χ1v) is 6.27. The quantitative estimate of drug-likeness (QED) is 0.674.